The van der Waals surface area contributed by atoms with Gasteiger partial charge in [0.15, 0.2) is 5.69 Å². The molecule has 20 heavy (non-hydrogen) atoms. The van der Waals surface area contributed by atoms with Crippen molar-refractivity contribution in [3.63, 3.8) is 0 Å². The van der Waals surface area contributed by atoms with Crippen molar-refractivity contribution < 1.29 is 9.72 Å². The summed E-state index contributed by atoms with van der Waals surface area (Å²) in [4.78, 5) is 23.4. The zero-order chi connectivity index (χ0) is 14.9. The number of amides is 1. The van der Waals surface area contributed by atoms with Crippen molar-refractivity contribution >= 4 is 11.7 Å². The van der Waals surface area contributed by atoms with Gasteiger partial charge < -0.3 is 15.0 Å². The molecule has 0 aliphatic rings. The van der Waals surface area contributed by atoms with Crippen molar-refractivity contribution in [3.05, 3.63) is 39.3 Å². The van der Waals surface area contributed by atoms with Crippen molar-refractivity contribution in [1.29, 1.82) is 0 Å². The van der Waals surface area contributed by atoms with Crippen LogP contribution in [0.4, 0.5) is 5.82 Å². The van der Waals surface area contributed by atoms with Crippen LogP contribution in [0.3, 0.4) is 0 Å². The summed E-state index contributed by atoms with van der Waals surface area (Å²) in [7, 11) is 3.42. The van der Waals surface area contributed by atoms with E-state index in [1.807, 2.05) is 14.0 Å². The molecule has 9 nitrogen and oxygen atoms in total. The number of aromatic amines is 1. The van der Waals surface area contributed by atoms with Crippen LogP contribution < -0.4 is 0 Å². The fourth-order valence-electron chi connectivity index (χ4n) is 1.74. The lowest BCUT2D eigenvalue weighted by molar-refractivity contribution is -0.389. The molecular formula is C11H14N6O3. The maximum Gasteiger partial charge on any atom is 0.343 e. The van der Waals surface area contributed by atoms with Crippen LogP contribution >= 0.6 is 0 Å². The number of carbonyl (C=O) groups excluding carboxylic acids is 1. The summed E-state index contributed by atoms with van der Waals surface area (Å²) in [6.07, 6.45) is 1.69. The molecule has 2 aromatic rings. The summed E-state index contributed by atoms with van der Waals surface area (Å²) in [6, 6.07) is 1.12. The third-order valence-corrected chi connectivity index (χ3v) is 3.07. The number of hydrogen-bond acceptors (Lipinski definition) is 5. The Hall–Kier alpha value is -2.71. The van der Waals surface area contributed by atoms with Gasteiger partial charge in [-0.15, -0.1) is 5.10 Å². The molecular weight excluding hydrogens is 264 g/mol. The van der Waals surface area contributed by atoms with Crippen LogP contribution in [0.1, 0.15) is 21.7 Å². The molecule has 1 N–H and O–H groups in total. The van der Waals surface area contributed by atoms with Crippen LogP contribution in [0.5, 0.6) is 0 Å². The van der Waals surface area contributed by atoms with E-state index >= 15 is 0 Å². The number of aromatic nitrogens is 4. The number of rotatable bonds is 4. The minimum Gasteiger partial charge on any atom is -0.358 e. The SMILES string of the molecule is Cc1c(CN(C)C(=O)c2cc([N+](=O)[O-])[nH]n2)cnn1C. The third kappa shape index (κ3) is 2.51. The Labute approximate surface area is 114 Å². The zero-order valence-corrected chi connectivity index (χ0v) is 11.3. The predicted octanol–water partition coefficient (Wildman–Crippen LogP) is 0.632. The van der Waals surface area contributed by atoms with E-state index in [2.05, 4.69) is 15.3 Å². The van der Waals surface area contributed by atoms with Gasteiger partial charge in [0.05, 0.1) is 12.3 Å². The monoisotopic (exact) mass is 278 g/mol. The van der Waals surface area contributed by atoms with E-state index in [0.717, 1.165) is 17.3 Å². The lowest BCUT2D eigenvalue weighted by atomic mass is 10.2. The molecule has 106 valence electrons. The summed E-state index contributed by atoms with van der Waals surface area (Å²) < 4.78 is 1.72. The molecule has 0 aliphatic carbocycles. The second-order valence-corrected chi connectivity index (χ2v) is 4.44. The van der Waals surface area contributed by atoms with Gasteiger partial charge in [0.25, 0.3) is 5.91 Å². The highest BCUT2D eigenvalue weighted by molar-refractivity contribution is 5.92. The van der Waals surface area contributed by atoms with Gasteiger partial charge in [-0.05, 0) is 11.8 Å². The minimum absolute atomic E-state index is 0.0146. The van der Waals surface area contributed by atoms with E-state index in [1.54, 1.807) is 17.9 Å². The van der Waals surface area contributed by atoms with Crippen LogP contribution in [-0.4, -0.2) is 42.8 Å². The van der Waals surface area contributed by atoms with Gasteiger partial charge in [-0.25, -0.2) is 0 Å². The van der Waals surface area contributed by atoms with E-state index in [0.29, 0.717) is 6.54 Å². The van der Waals surface area contributed by atoms with Crippen LogP contribution in [-0.2, 0) is 13.6 Å². The molecule has 1 amide bonds. The maximum absolute atomic E-state index is 12.1. The number of nitro groups is 1. The summed E-state index contributed by atoms with van der Waals surface area (Å²) in [5, 5.41) is 20.5. The average molecular weight is 278 g/mol. The van der Waals surface area contributed by atoms with Gasteiger partial charge in [0, 0.05) is 31.9 Å². The molecule has 0 saturated heterocycles. The van der Waals surface area contributed by atoms with E-state index < -0.39 is 10.8 Å². The highest BCUT2D eigenvalue weighted by atomic mass is 16.6. The Kier molecular flexibility index (Phi) is 3.51. The first-order chi connectivity index (χ1) is 9.40. The molecule has 0 aromatic carbocycles. The molecule has 0 aliphatic heterocycles. The van der Waals surface area contributed by atoms with Crippen LogP contribution in [0.15, 0.2) is 12.3 Å². The second-order valence-electron chi connectivity index (χ2n) is 4.44. The Morgan fingerprint density at radius 3 is 2.80 bits per heavy atom. The molecule has 0 bridgehead atoms. The van der Waals surface area contributed by atoms with E-state index in [9.17, 15) is 14.9 Å². The van der Waals surface area contributed by atoms with Gasteiger partial charge in [0.2, 0.25) is 0 Å². The topological polar surface area (TPSA) is 110 Å². The van der Waals surface area contributed by atoms with Crippen LogP contribution in [0, 0.1) is 17.0 Å². The van der Waals surface area contributed by atoms with Crippen LogP contribution in [0.25, 0.3) is 0 Å². The predicted molar refractivity (Wildman–Crippen MR) is 69.0 cm³/mol. The lowest BCUT2D eigenvalue weighted by Gasteiger charge is -2.14. The highest BCUT2D eigenvalue weighted by Crippen LogP contribution is 2.13. The molecule has 0 radical (unpaired) electrons. The molecule has 0 saturated carbocycles. The fraction of sp³-hybridized carbons (Fsp3) is 0.364. The van der Waals surface area contributed by atoms with Crippen molar-refractivity contribution in [3.8, 4) is 0 Å². The Morgan fingerprint density at radius 1 is 1.60 bits per heavy atom. The Morgan fingerprint density at radius 2 is 2.30 bits per heavy atom. The molecule has 0 atom stereocenters. The highest BCUT2D eigenvalue weighted by Gasteiger charge is 2.20. The largest absolute Gasteiger partial charge is 0.358 e. The fourth-order valence-corrected chi connectivity index (χ4v) is 1.74. The van der Waals surface area contributed by atoms with Gasteiger partial charge >= 0.3 is 5.82 Å². The van der Waals surface area contributed by atoms with Crippen molar-refractivity contribution in [2.24, 2.45) is 7.05 Å². The summed E-state index contributed by atoms with van der Waals surface area (Å²) in [5.41, 5.74) is 1.88. The number of aryl methyl sites for hydroxylation is 1. The molecule has 0 spiro atoms. The van der Waals surface area contributed by atoms with Gasteiger partial charge in [0.1, 0.15) is 0 Å². The van der Waals surface area contributed by atoms with Crippen molar-refractivity contribution in [2.75, 3.05) is 7.05 Å². The molecule has 0 fully saturated rings. The number of H-pyrrole nitrogens is 1. The standard InChI is InChI=1S/C11H14N6O3/c1-7-8(5-12-16(7)3)6-15(2)11(18)9-4-10(14-13-9)17(19)20/h4-5H,6H2,1-3H3,(H,13,14). The lowest BCUT2D eigenvalue weighted by Crippen LogP contribution is -2.26. The summed E-state index contributed by atoms with van der Waals surface area (Å²) in [5.74, 6) is -0.697. The second kappa shape index (κ2) is 5.11. The molecule has 0 unspecified atom stereocenters. The molecule has 2 aromatic heterocycles. The van der Waals surface area contributed by atoms with E-state index in [4.69, 9.17) is 0 Å². The normalized spacial score (nSPS) is 10.6. The summed E-state index contributed by atoms with van der Waals surface area (Å²) >= 11 is 0. The molecule has 9 heteroatoms. The van der Waals surface area contributed by atoms with Gasteiger partial charge in [-0.1, -0.05) is 5.10 Å². The number of nitrogens with one attached hydrogen (secondary N) is 1. The number of nitrogens with zero attached hydrogens (tertiary/aromatic N) is 5. The number of hydrogen-bond donors (Lipinski definition) is 1. The Bertz CT molecular complexity index is 659. The van der Waals surface area contributed by atoms with E-state index in [-0.39, 0.29) is 11.5 Å². The average Bonchev–Trinajstić information content (AvgIpc) is 3.00. The quantitative estimate of drug-likeness (QED) is 0.651. The van der Waals surface area contributed by atoms with Crippen molar-refractivity contribution in [2.45, 2.75) is 13.5 Å². The third-order valence-electron chi connectivity index (χ3n) is 3.07. The van der Waals surface area contributed by atoms with Crippen LogP contribution in [0.2, 0.25) is 0 Å². The first kappa shape index (κ1) is 13.7. The van der Waals surface area contributed by atoms with Gasteiger partial charge in [-0.2, -0.15) is 5.10 Å². The van der Waals surface area contributed by atoms with E-state index in [1.165, 1.54) is 4.90 Å². The summed E-state index contributed by atoms with van der Waals surface area (Å²) in [6.45, 7) is 2.26. The smallest absolute Gasteiger partial charge is 0.343 e. The van der Waals surface area contributed by atoms with Gasteiger partial charge in [-0.3, -0.25) is 9.48 Å². The minimum atomic E-state index is -0.630. The van der Waals surface area contributed by atoms with Crippen molar-refractivity contribution in [1.82, 2.24) is 24.9 Å². The zero-order valence-electron chi connectivity index (χ0n) is 11.3. The molecule has 2 rings (SSSR count). The number of carbonyl (C=O) groups is 1. The first-order valence-electron chi connectivity index (χ1n) is 5.83. The molecule has 2 heterocycles. The first-order valence-corrected chi connectivity index (χ1v) is 5.83. The Balaban J connectivity index is 2.12. The maximum atomic E-state index is 12.1.